The molecule has 21 heavy (non-hydrogen) atoms. The predicted molar refractivity (Wildman–Crippen MR) is 81.0 cm³/mol. The zero-order valence-electron chi connectivity index (χ0n) is 12.0. The van der Waals surface area contributed by atoms with Crippen LogP contribution in [0.5, 0.6) is 5.75 Å². The summed E-state index contributed by atoms with van der Waals surface area (Å²) in [6.07, 6.45) is 0.556. The van der Waals surface area contributed by atoms with E-state index < -0.39 is 0 Å². The van der Waals surface area contributed by atoms with Crippen LogP contribution >= 0.6 is 0 Å². The Hall–Kier alpha value is -2.36. The number of hydrogen-bond acceptors (Lipinski definition) is 2. The molecule has 0 aliphatic carbocycles. The van der Waals surface area contributed by atoms with E-state index in [0.29, 0.717) is 11.9 Å². The molecule has 0 aliphatic rings. The molecule has 3 rings (SSSR count). The fraction of sp³-hybridized carbons (Fsp3) is 0.235. The standard InChI is InChI=1S/C17H17FN2O/c1-11(2)20-15-8-4-7-14(18)17(15)19-16(20)10-12-5-3-6-13(21)9-12/h3-9,11,21H,10H2,1-2H3. The molecular weight excluding hydrogens is 267 g/mol. The van der Waals surface area contributed by atoms with Gasteiger partial charge in [0.15, 0.2) is 5.82 Å². The normalized spacial score (nSPS) is 11.4. The minimum absolute atomic E-state index is 0.184. The monoisotopic (exact) mass is 284 g/mol. The second-order valence-electron chi connectivity index (χ2n) is 5.45. The zero-order valence-corrected chi connectivity index (χ0v) is 12.0. The molecule has 0 fully saturated rings. The lowest BCUT2D eigenvalue weighted by molar-refractivity contribution is 0.474. The van der Waals surface area contributed by atoms with Crippen molar-refractivity contribution in [1.29, 1.82) is 0 Å². The van der Waals surface area contributed by atoms with Crippen molar-refractivity contribution >= 4 is 11.0 Å². The molecule has 0 aliphatic heterocycles. The van der Waals surface area contributed by atoms with Gasteiger partial charge in [-0.2, -0.15) is 0 Å². The minimum Gasteiger partial charge on any atom is -0.508 e. The molecule has 0 radical (unpaired) electrons. The third-order valence-electron chi connectivity index (χ3n) is 3.53. The molecule has 0 saturated carbocycles. The second kappa shape index (κ2) is 5.20. The van der Waals surface area contributed by atoms with Crippen molar-refractivity contribution in [3.05, 3.63) is 59.7 Å². The maximum Gasteiger partial charge on any atom is 0.151 e. The summed E-state index contributed by atoms with van der Waals surface area (Å²) in [7, 11) is 0. The minimum atomic E-state index is -0.302. The molecule has 1 aromatic heterocycles. The summed E-state index contributed by atoms with van der Waals surface area (Å²) in [5, 5.41) is 9.57. The SMILES string of the molecule is CC(C)n1c(Cc2cccc(O)c2)nc2c(F)cccc21. The molecule has 2 aromatic carbocycles. The molecule has 0 unspecified atom stereocenters. The van der Waals surface area contributed by atoms with Crippen LogP contribution in [0.3, 0.4) is 0 Å². The van der Waals surface area contributed by atoms with E-state index in [1.807, 2.05) is 16.7 Å². The van der Waals surface area contributed by atoms with Gasteiger partial charge in [-0.05, 0) is 43.7 Å². The van der Waals surface area contributed by atoms with E-state index in [9.17, 15) is 9.50 Å². The first-order valence-electron chi connectivity index (χ1n) is 6.99. The Kier molecular flexibility index (Phi) is 3.37. The van der Waals surface area contributed by atoms with Crippen LogP contribution < -0.4 is 0 Å². The van der Waals surface area contributed by atoms with Gasteiger partial charge in [-0.15, -0.1) is 0 Å². The van der Waals surface area contributed by atoms with Crippen LogP contribution in [0.4, 0.5) is 4.39 Å². The van der Waals surface area contributed by atoms with Crippen molar-refractivity contribution in [2.75, 3.05) is 0 Å². The zero-order chi connectivity index (χ0) is 15.0. The summed E-state index contributed by atoms with van der Waals surface area (Å²) in [5.74, 6) is 0.727. The average molecular weight is 284 g/mol. The maximum atomic E-state index is 13.9. The number of aromatic hydroxyl groups is 1. The maximum absolute atomic E-state index is 13.9. The summed E-state index contributed by atoms with van der Waals surface area (Å²) in [5.41, 5.74) is 2.16. The Bertz CT molecular complexity index is 793. The third-order valence-corrected chi connectivity index (χ3v) is 3.53. The number of para-hydroxylation sites is 1. The second-order valence-corrected chi connectivity index (χ2v) is 5.45. The molecule has 4 heteroatoms. The quantitative estimate of drug-likeness (QED) is 0.788. The molecule has 0 spiro atoms. The fourth-order valence-corrected chi connectivity index (χ4v) is 2.68. The summed E-state index contributed by atoms with van der Waals surface area (Å²) >= 11 is 0. The van der Waals surface area contributed by atoms with Gasteiger partial charge in [0.25, 0.3) is 0 Å². The van der Waals surface area contributed by atoms with Crippen molar-refractivity contribution < 1.29 is 9.50 Å². The molecule has 1 N–H and O–H groups in total. The van der Waals surface area contributed by atoms with Crippen molar-refractivity contribution in [3.63, 3.8) is 0 Å². The number of phenolic OH excluding ortho intramolecular Hbond substituents is 1. The molecule has 3 aromatic rings. The topological polar surface area (TPSA) is 38.0 Å². The smallest absolute Gasteiger partial charge is 0.151 e. The Morgan fingerprint density at radius 1 is 1.19 bits per heavy atom. The highest BCUT2D eigenvalue weighted by molar-refractivity contribution is 5.77. The number of phenols is 1. The van der Waals surface area contributed by atoms with Crippen LogP contribution in [0.1, 0.15) is 31.3 Å². The average Bonchev–Trinajstić information content (AvgIpc) is 2.78. The van der Waals surface area contributed by atoms with Crippen LogP contribution in [0.25, 0.3) is 11.0 Å². The van der Waals surface area contributed by atoms with Gasteiger partial charge in [0.1, 0.15) is 17.1 Å². The molecule has 0 saturated heterocycles. The van der Waals surface area contributed by atoms with E-state index in [1.54, 1.807) is 24.3 Å². The van der Waals surface area contributed by atoms with Gasteiger partial charge < -0.3 is 9.67 Å². The number of imidazole rings is 1. The lowest BCUT2D eigenvalue weighted by atomic mass is 10.1. The number of benzene rings is 2. The molecular formula is C17H17FN2O. The first-order chi connectivity index (χ1) is 10.1. The molecule has 0 atom stereocenters. The molecule has 0 amide bonds. The lowest BCUT2D eigenvalue weighted by Crippen LogP contribution is -2.06. The summed E-state index contributed by atoms with van der Waals surface area (Å²) < 4.78 is 16.0. The van der Waals surface area contributed by atoms with Crippen molar-refractivity contribution in [2.45, 2.75) is 26.3 Å². The van der Waals surface area contributed by atoms with E-state index in [1.165, 1.54) is 6.07 Å². The van der Waals surface area contributed by atoms with Crippen LogP contribution in [-0.2, 0) is 6.42 Å². The van der Waals surface area contributed by atoms with Gasteiger partial charge in [-0.1, -0.05) is 18.2 Å². The van der Waals surface area contributed by atoms with Gasteiger partial charge in [-0.3, -0.25) is 0 Å². The first-order valence-corrected chi connectivity index (χ1v) is 6.99. The highest BCUT2D eigenvalue weighted by Crippen LogP contribution is 2.25. The van der Waals surface area contributed by atoms with Crippen molar-refractivity contribution in [3.8, 4) is 5.75 Å². The Morgan fingerprint density at radius 3 is 2.67 bits per heavy atom. The van der Waals surface area contributed by atoms with Crippen LogP contribution in [0.2, 0.25) is 0 Å². The van der Waals surface area contributed by atoms with E-state index >= 15 is 0 Å². The number of aromatic nitrogens is 2. The van der Waals surface area contributed by atoms with Gasteiger partial charge in [-0.25, -0.2) is 9.37 Å². The Labute approximate surface area is 122 Å². The number of halogens is 1. The number of rotatable bonds is 3. The third kappa shape index (κ3) is 2.49. The highest BCUT2D eigenvalue weighted by Gasteiger charge is 2.16. The van der Waals surface area contributed by atoms with E-state index in [-0.39, 0.29) is 17.6 Å². The van der Waals surface area contributed by atoms with Gasteiger partial charge in [0.05, 0.1) is 5.52 Å². The van der Waals surface area contributed by atoms with E-state index in [2.05, 4.69) is 18.8 Å². The predicted octanol–water partition coefficient (Wildman–Crippen LogP) is 4.05. The highest BCUT2D eigenvalue weighted by atomic mass is 19.1. The first kappa shape index (κ1) is 13.6. The van der Waals surface area contributed by atoms with Gasteiger partial charge in [0, 0.05) is 12.5 Å². The summed E-state index contributed by atoms with van der Waals surface area (Å²) in [4.78, 5) is 4.46. The molecule has 3 nitrogen and oxygen atoms in total. The van der Waals surface area contributed by atoms with Gasteiger partial charge >= 0.3 is 0 Å². The van der Waals surface area contributed by atoms with Crippen LogP contribution in [-0.4, -0.2) is 14.7 Å². The van der Waals surface area contributed by atoms with E-state index in [0.717, 1.165) is 16.9 Å². The Morgan fingerprint density at radius 2 is 1.95 bits per heavy atom. The van der Waals surface area contributed by atoms with Crippen molar-refractivity contribution in [1.82, 2.24) is 9.55 Å². The Balaban J connectivity index is 2.13. The number of hydrogen-bond donors (Lipinski definition) is 1. The van der Waals surface area contributed by atoms with Crippen molar-refractivity contribution in [2.24, 2.45) is 0 Å². The molecule has 1 heterocycles. The summed E-state index contributed by atoms with van der Waals surface area (Å²) in [6, 6.07) is 12.3. The van der Waals surface area contributed by atoms with Crippen LogP contribution in [0, 0.1) is 5.82 Å². The molecule has 0 bridgehead atoms. The number of fused-ring (bicyclic) bond motifs is 1. The van der Waals surface area contributed by atoms with E-state index in [4.69, 9.17) is 0 Å². The van der Waals surface area contributed by atoms with Crippen LogP contribution in [0.15, 0.2) is 42.5 Å². The number of nitrogens with zero attached hydrogens (tertiary/aromatic N) is 2. The van der Waals surface area contributed by atoms with Gasteiger partial charge in [0.2, 0.25) is 0 Å². The summed E-state index contributed by atoms with van der Waals surface area (Å²) in [6.45, 7) is 4.11. The fourth-order valence-electron chi connectivity index (χ4n) is 2.68. The molecule has 108 valence electrons. The lowest BCUT2D eigenvalue weighted by Gasteiger charge is -2.13. The largest absolute Gasteiger partial charge is 0.508 e.